The van der Waals surface area contributed by atoms with Crippen LogP contribution in [0, 0.1) is 12.3 Å². The summed E-state index contributed by atoms with van der Waals surface area (Å²) in [6.07, 6.45) is 8.76. The number of piperazine rings is 1. The van der Waals surface area contributed by atoms with Crippen LogP contribution in [0.25, 0.3) is 0 Å². The van der Waals surface area contributed by atoms with Crippen LogP contribution in [0.3, 0.4) is 0 Å². The van der Waals surface area contributed by atoms with Gasteiger partial charge in [0, 0.05) is 0 Å². The molecule has 1 unspecified atom stereocenters. The number of carbonyl (C=O) groups excluding carboxylic acids is 2. The Kier molecular flexibility index (Phi) is 3.42. The summed E-state index contributed by atoms with van der Waals surface area (Å²) >= 11 is 0. The molecule has 1 saturated carbocycles. The fourth-order valence-electron chi connectivity index (χ4n) is 3.44. The van der Waals surface area contributed by atoms with E-state index in [4.69, 9.17) is 6.42 Å². The molecule has 2 amide bonds. The molecule has 108 valence electrons. The van der Waals surface area contributed by atoms with E-state index in [0.717, 1.165) is 18.4 Å². The summed E-state index contributed by atoms with van der Waals surface area (Å²) in [7, 11) is 0. The van der Waals surface area contributed by atoms with Crippen molar-refractivity contribution >= 4 is 11.8 Å². The summed E-state index contributed by atoms with van der Waals surface area (Å²) in [4.78, 5) is 27.1. The van der Waals surface area contributed by atoms with E-state index in [2.05, 4.69) is 11.2 Å². The fraction of sp³-hybridized carbons (Fsp3) is 0.412. The Morgan fingerprint density at radius 1 is 1.24 bits per heavy atom. The molecule has 1 aromatic rings. The molecule has 0 bridgehead atoms. The average molecular weight is 282 g/mol. The van der Waals surface area contributed by atoms with E-state index in [1.165, 1.54) is 0 Å². The largest absolute Gasteiger partial charge is 0.340 e. The van der Waals surface area contributed by atoms with Crippen molar-refractivity contribution in [2.24, 2.45) is 0 Å². The first-order chi connectivity index (χ1) is 10.2. The number of amides is 2. The van der Waals surface area contributed by atoms with Crippen LogP contribution in [0.2, 0.25) is 0 Å². The van der Waals surface area contributed by atoms with E-state index in [1.807, 2.05) is 30.3 Å². The zero-order chi connectivity index (χ0) is 14.9. The predicted octanol–water partition coefficient (Wildman–Crippen LogP) is 1.63. The Morgan fingerprint density at radius 3 is 2.52 bits per heavy atom. The topological polar surface area (TPSA) is 49.4 Å². The van der Waals surface area contributed by atoms with Crippen molar-refractivity contribution in [2.75, 3.05) is 6.54 Å². The van der Waals surface area contributed by atoms with Crippen molar-refractivity contribution in [3.05, 3.63) is 35.9 Å². The second kappa shape index (κ2) is 5.25. The van der Waals surface area contributed by atoms with Crippen LogP contribution in [-0.2, 0) is 9.59 Å². The summed E-state index contributed by atoms with van der Waals surface area (Å²) < 4.78 is 0. The molecule has 1 atom stereocenters. The molecule has 1 aliphatic heterocycles. The van der Waals surface area contributed by atoms with Crippen molar-refractivity contribution in [2.45, 2.75) is 37.3 Å². The van der Waals surface area contributed by atoms with Gasteiger partial charge in [-0.05, 0) is 18.4 Å². The van der Waals surface area contributed by atoms with E-state index in [0.29, 0.717) is 12.8 Å². The second-order valence-corrected chi connectivity index (χ2v) is 5.73. The molecule has 1 aliphatic carbocycles. The number of benzene rings is 1. The molecular formula is C17H18N2O2. The number of terminal acetylenes is 1. The number of nitrogens with one attached hydrogen (secondary N) is 1. The highest BCUT2D eigenvalue weighted by atomic mass is 16.2. The van der Waals surface area contributed by atoms with E-state index in [-0.39, 0.29) is 18.4 Å². The van der Waals surface area contributed by atoms with Crippen LogP contribution >= 0.6 is 0 Å². The molecule has 1 saturated heterocycles. The molecule has 1 N–H and O–H groups in total. The molecule has 4 heteroatoms. The van der Waals surface area contributed by atoms with Gasteiger partial charge < -0.3 is 10.2 Å². The van der Waals surface area contributed by atoms with Gasteiger partial charge in [-0.3, -0.25) is 9.59 Å². The normalized spacial score (nSPS) is 24.0. The van der Waals surface area contributed by atoms with E-state index >= 15 is 0 Å². The zero-order valence-corrected chi connectivity index (χ0v) is 11.8. The molecule has 4 nitrogen and oxygen atoms in total. The molecule has 0 aromatic heterocycles. The zero-order valence-electron chi connectivity index (χ0n) is 11.8. The quantitative estimate of drug-likeness (QED) is 0.838. The monoisotopic (exact) mass is 282 g/mol. The lowest BCUT2D eigenvalue weighted by Crippen LogP contribution is -2.66. The maximum absolute atomic E-state index is 12.9. The summed E-state index contributed by atoms with van der Waals surface area (Å²) in [5.41, 5.74) is 0.0746. The van der Waals surface area contributed by atoms with E-state index in [1.54, 1.807) is 4.90 Å². The van der Waals surface area contributed by atoms with Crippen LogP contribution in [0.15, 0.2) is 30.3 Å². The van der Waals surface area contributed by atoms with Gasteiger partial charge in [0.1, 0.15) is 11.6 Å². The summed E-state index contributed by atoms with van der Waals surface area (Å²) in [6.45, 7) is 0.160. The third-order valence-electron chi connectivity index (χ3n) is 4.43. The average Bonchev–Trinajstić information content (AvgIpc) is 2.95. The highest BCUT2D eigenvalue weighted by Crippen LogP contribution is 2.38. The first kappa shape index (κ1) is 13.7. The standard InChI is InChI=1S/C17H18N2O2/c1-2-12-19-14(13-8-4-3-5-9-13)15(20)18-17(16(19)21)10-6-7-11-17/h1,3-5,8-9,14H,6-7,10-12H2,(H,18,20). The first-order valence-corrected chi connectivity index (χ1v) is 7.29. The van der Waals surface area contributed by atoms with Gasteiger partial charge >= 0.3 is 0 Å². The SMILES string of the molecule is C#CCN1C(=O)C2(CCCC2)NC(=O)C1c1ccccc1. The van der Waals surface area contributed by atoms with Crippen LogP contribution < -0.4 is 5.32 Å². The Labute approximate surface area is 124 Å². The number of hydrogen-bond donors (Lipinski definition) is 1. The third-order valence-corrected chi connectivity index (χ3v) is 4.43. The van der Waals surface area contributed by atoms with Gasteiger partial charge in [-0.1, -0.05) is 49.1 Å². The van der Waals surface area contributed by atoms with Crippen molar-refractivity contribution in [3.8, 4) is 12.3 Å². The fourth-order valence-corrected chi connectivity index (χ4v) is 3.44. The van der Waals surface area contributed by atoms with Crippen molar-refractivity contribution in [1.82, 2.24) is 10.2 Å². The minimum absolute atomic E-state index is 0.0357. The number of carbonyl (C=O) groups is 2. The first-order valence-electron chi connectivity index (χ1n) is 7.29. The van der Waals surface area contributed by atoms with Gasteiger partial charge in [-0.2, -0.15) is 0 Å². The van der Waals surface area contributed by atoms with Gasteiger partial charge in [-0.25, -0.2) is 0 Å². The lowest BCUT2D eigenvalue weighted by molar-refractivity contribution is -0.154. The highest BCUT2D eigenvalue weighted by molar-refractivity contribution is 6.00. The molecule has 3 rings (SSSR count). The minimum atomic E-state index is -0.723. The van der Waals surface area contributed by atoms with Gasteiger partial charge in [0.05, 0.1) is 6.54 Å². The molecule has 21 heavy (non-hydrogen) atoms. The molecule has 2 fully saturated rings. The molecule has 1 spiro atoms. The lowest BCUT2D eigenvalue weighted by atomic mass is 9.88. The number of hydrogen-bond acceptors (Lipinski definition) is 2. The maximum atomic E-state index is 12.9. The third kappa shape index (κ3) is 2.19. The number of rotatable bonds is 2. The second-order valence-electron chi connectivity index (χ2n) is 5.73. The molecule has 1 heterocycles. The Bertz CT molecular complexity index is 597. The number of nitrogens with zero attached hydrogens (tertiary/aromatic N) is 1. The van der Waals surface area contributed by atoms with Gasteiger partial charge in [0.25, 0.3) is 0 Å². The van der Waals surface area contributed by atoms with Gasteiger partial charge in [-0.15, -0.1) is 6.42 Å². The summed E-state index contributed by atoms with van der Waals surface area (Å²) in [5, 5.41) is 2.98. The van der Waals surface area contributed by atoms with Crippen molar-refractivity contribution in [1.29, 1.82) is 0 Å². The smallest absolute Gasteiger partial charge is 0.250 e. The van der Waals surface area contributed by atoms with E-state index < -0.39 is 11.6 Å². The molecule has 2 aliphatic rings. The van der Waals surface area contributed by atoms with E-state index in [9.17, 15) is 9.59 Å². The Balaban J connectivity index is 1.99. The minimum Gasteiger partial charge on any atom is -0.340 e. The lowest BCUT2D eigenvalue weighted by Gasteiger charge is -2.43. The maximum Gasteiger partial charge on any atom is 0.250 e. The summed E-state index contributed by atoms with van der Waals surface area (Å²) in [5.74, 6) is 2.36. The predicted molar refractivity (Wildman–Crippen MR) is 79.1 cm³/mol. The van der Waals surface area contributed by atoms with Crippen LogP contribution in [0.5, 0.6) is 0 Å². The molecule has 0 radical (unpaired) electrons. The van der Waals surface area contributed by atoms with Crippen LogP contribution in [0.1, 0.15) is 37.3 Å². The van der Waals surface area contributed by atoms with Crippen LogP contribution in [-0.4, -0.2) is 28.8 Å². The van der Waals surface area contributed by atoms with Gasteiger partial charge in [0.15, 0.2) is 0 Å². The molecular weight excluding hydrogens is 264 g/mol. The highest BCUT2D eigenvalue weighted by Gasteiger charge is 2.52. The Hall–Kier alpha value is -2.28. The van der Waals surface area contributed by atoms with Crippen LogP contribution in [0.4, 0.5) is 0 Å². The van der Waals surface area contributed by atoms with Crippen molar-refractivity contribution < 1.29 is 9.59 Å². The molecule has 1 aromatic carbocycles. The summed E-state index contributed by atoms with van der Waals surface area (Å²) in [6, 6.07) is 8.69. The Morgan fingerprint density at radius 2 is 1.90 bits per heavy atom. The van der Waals surface area contributed by atoms with Crippen molar-refractivity contribution in [3.63, 3.8) is 0 Å². The van der Waals surface area contributed by atoms with Gasteiger partial charge in [0.2, 0.25) is 11.8 Å².